The molecule has 0 aliphatic rings. The molecule has 0 saturated carbocycles. The van der Waals surface area contributed by atoms with Crippen molar-refractivity contribution in [3.8, 4) is 0 Å². The van der Waals surface area contributed by atoms with Gasteiger partial charge in [-0.3, -0.25) is 0 Å². The van der Waals surface area contributed by atoms with E-state index in [0.29, 0.717) is 0 Å². The summed E-state index contributed by atoms with van der Waals surface area (Å²) in [5.74, 6) is 0. The van der Waals surface area contributed by atoms with Gasteiger partial charge in [0, 0.05) is 17.8 Å². The molecule has 2 rings (SSSR count). The van der Waals surface area contributed by atoms with Crippen molar-refractivity contribution in [1.29, 1.82) is 0 Å². The monoisotopic (exact) mass is 202 g/mol. The van der Waals surface area contributed by atoms with Crippen molar-refractivity contribution >= 4 is 5.65 Å². The van der Waals surface area contributed by atoms with Crippen molar-refractivity contribution in [2.45, 2.75) is 39.0 Å². The second kappa shape index (κ2) is 3.69. The van der Waals surface area contributed by atoms with Crippen LogP contribution in [0.15, 0.2) is 30.6 Å². The van der Waals surface area contributed by atoms with E-state index in [0.717, 1.165) is 5.65 Å². The summed E-state index contributed by atoms with van der Waals surface area (Å²) in [6.07, 6.45) is 6.57. The first-order chi connectivity index (χ1) is 7.13. The normalized spacial score (nSPS) is 12.2. The third-order valence-corrected chi connectivity index (χ3v) is 2.93. The Balaban J connectivity index is 2.44. The van der Waals surface area contributed by atoms with E-state index in [4.69, 9.17) is 0 Å². The predicted molar refractivity (Wildman–Crippen MR) is 63.1 cm³/mol. The van der Waals surface area contributed by atoms with Crippen LogP contribution in [0.25, 0.3) is 5.65 Å². The molecule has 0 N–H and O–H groups in total. The van der Waals surface area contributed by atoms with E-state index < -0.39 is 0 Å². The SMILES string of the molecule is CCCC(C)(C)c1cn2ccccc2n1. The average Bonchev–Trinajstić information content (AvgIpc) is 2.61. The van der Waals surface area contributed by atoms with Crippen LogP contribution in [-0.2, 0) is 5.41 Å². The fraction of sp³-hybridized carbons (Fsp3) is 0.462. The highest BCUT2D eigenvalue weighted by molar-refractivity contribution is 5.40. The molecule has 0 radical (unpaired) electrons. The Morgan fingerprint density at radius 3 is 2.80 bits per heavy atom. The zero-order valence-electron chi connectivity index (χ0n) is 9.70. The first kappa shape index (κ1) is 10.2. The van der Waals surface area contributed by atoms with Crippen molar-refractivity contribution in [3.63, 3.8) is 0 Å². The summed E-state index contributed by atoms with van der Waals surface area (Å²) in [5, 5.41) is 0. The van der Waals surface area contributed by atoms with Gasteiger partial charge in [0.1, 0.15) is 5.65 Å². The molecule has 2 aromatic heterocycles. The number of pyridine rings is 1. The molecule has 0 aliphatic carbocycles. The molecular weight excluding hydrogens is 184 g/mol. The van der Waals surface area contributed by atoms with Crippen LogP contribution in [-0.4, -0.2) is 9.38 Å². The van der Waals surface area contributed by atoms with E-state index in [9.17, 15) is 0 Å². The zero-order valence-corrected chi connectivity index (χ0v) is 9.70. The van der Waals surface area contributed by atoms with Crippen LogP contribution in [0.4, 0.5) is 0 Å². The van der Waals surface area contributed by atoms with Gasteiger partial charge < -0.3 is 4.40 Å². The van der Waals surface area contributed by atoms with Crippen molar-refractivity contribution in [3.05, 3.63) is 36.3 Å². The van der Waals surface area contributed by atoms with Crippen LogP contribution in [0.3, 0.4) is 0 Å². The minimum Gasteiger partial charge on any atom is -0.307 e. The van der Waals surface area contributed by atoms with Crippen molar-refractivity contribution < 1.29 is 0 Å². The van der Waals surface area contributed by atoms with Crippen LogP contribution in [0, 0.1) is 0 Å². The summed E-state index contributed by atoms with van der Waals surface area (Å²) < 4.78 is 2.09. The molecule has 0 bridgehead atoms. The highest BCUT2D eigenvalue weighted by Crippen LogP contribution is 2.27. The highest BCUT2D eigenvalue weighted by atomic mass is 15.0. The Labute approximate surface area is 91.0 Å². The largest absolute Gasteiger partial charge is 0.307 e. The number of rotatable bonds is 3. The van der Waals surface area contributed by atoms with Crippen LogP contribution in [0.2, 0.25) is 0 Å². The van der Waals surface area contributed by atoms with Gasteiger partial charge in [-0.05, 0) is 18.6 Å². The standard InChI is InChI=1S/C13H18N2/c1-4-8-13(2,3)11-10-15-9-6-5-7-12(15)14-11/h5-7,9-10H,4,8H2,1-3H3. The average molecular weight is 202 g/mol. The van der Waals surface area contributed by atoms with E-state index in [2.05, 4.69) is 36.4 Å². The van der Waals surface area contributed by atoms with Crippen LogP contribution in [0.5, 0.6) is 0 Å². The van der Waals surface area contributed by atoms with Gasteiger partial charge in [0.15, 0.2) is 0 Å². The quantitative estimate of drug-likeness (QED) is 0.745. The summed E-state index contributed by atoms with van der Waals surface area (Å²) in [7, 11) is 0. The van der Waals surface area contributed by atoms with Gasteiger partial charge in [-0.2, -0.15) is 0 Å². The Kier molecular flexibility index (Phi) is 2.51. The summed E-state index contributed by atoms with van der Waals surface area (Å²) in [6.45, 7) is 6.74. The molecule has 2 heteroatoms. The van der Waals surface area contributed by atoms with Gasteiger partial charge in [-0.25, -0.2) is 4.98 Å². The summed E-state index contributed by atoms with van der Waals surface area (Å²) in [4.78, 5) is 4.67. The predicted octanol–water partition coefficient (Wildman–Crippen LogP) is 3.41. The van der Waals surface area contributed by atoms with Crippen LogP contribution < -0.4 is 0 Å². The number of hydrogen-bond donors (Lipinski definition) is 0. The molecule has 0 aromatic carbocycles. The van der Waals surface area contributed by atoms with Gasteiger partial charge in [-0.1, -0.05) is 33.3 Å². The molecule has 80 valence electrons. The first-order valence-electron chi connectivity index (χ1n) is 5.58. The molecule has 0 fully saturated rings. The molecule has 0 spiro atoms. The lowest BCUT2D eigenvalue weighted by Crippen LogP contribution is -2.16. The fourth-order valence-electron chi connectivity index (χ4n) is 2.01. The number of hydrogen-bond acceptors (Lipinski definition) is 1. The zero-order chi connectivity index (χ0) is 10.9. The number of fused-ring (bicyclic) bond motifs is 1. The van der Waals surface area contributed by atoms with Crippen molar-refractivity contribution in [2.24, 2.45) is 0 Å². The van der Waals surface area contributed by atoms with E-state index in [-0.39, 0.29) is 5.41 Å². The van der Waals surface area contributed by atoms with Gasteiger partial charge >= 0.3 is 0 Å². The Morgan fingerprint density at radius 1 is 1.33 bits per heavy atom. The maximum Gasteiger partial charge on any atom is 0.136 e. The molecule has 0 atom stereocenters. The number of nitrogens with zero attached hydrogens (tertiary/aromatic N) is 2. The van der Waals surface area contributed by atoms with Crippen molar-refractivity contribution in [1.82, 2.24) is 9.38 Å². The lowest BCUT2D eigenvalue weighted by molar-refractivity contribution is 0.462. The Bertz CT molecular complexity index is 421. The maximum atomic E-state index is 4.67. The van der Waals surface area contributed by atoms with Gasteiger partial charge in [0.25, 0.3) is 0 Å². The molecule has 0 unspecified atom stereocenters. The smallest absolute Gasteiger partial charge is 0.136 e. The lowest BCUT2D eigenvalue weighted by atomic mass is 9.85. The second-order valence-corrected chi connectivity index (χ2v) is 4.73. The highest BCUT2D eigenvalue weighted by Gasteiger charge is 2.22. The lowest BCUT2D eigenvalue weighted by Gasteiger charge is -2.20. The Hall–Kier alpha value is -1.31. The summed E-state index contributed by atoms with van der Waals surface area (Å²) >= 11 is 0. The maximum absolute atomic E-state index is 4.67. The van der Waals surface area contributed by atoms with E-state index >= 15 is 0 Å². The van der Waals surface area contributed by atoms with E-state index in [1.807, 2.05) is 24.4 Å². The van der Waals surface area contributed by atoms with Crippen LogP contribution in [0.1, 0.15) is 39.3 Å². The molecular formula is C13H18N2. The summed E-state index contributed by atoms with van der Waals surface area (Å²) in [6, 6.07) is 6.11. The minimum absolute atomic E-state index is 0.181. The molecule has 2 aromatic rings. The van der Waals surface area contributed by atoms with Gasteiger partial charge in [0.2, 0.25) is 0 Å². The molecule has 0 saturated heterocycles. The van der Waals surface area contributed by atoms with Crippen molar-refractivity contribution in [2.75, 3.05) is 0 Å². The third-order valence-electron chi connectivity index (χ3n) is 2.93. The molecule has 2 nitrogen and oxygen atoms in total. The van der Waals surface area contributed by atoms with Crippen LogP contribution >= 0.6 is 0 Å². The topological polar surface area (TPSA) is 17.3 Å². The minimum atomic E-state index is 0.181. The van der Waals surface area contributed by atoms with Gasteiger partial charge in [-0.15, -0.1) is 0 Å². The van der Waals surface area contributed by atoms with E-state index in [1.54, 1.807) is 0 Å². The second-order valence-electron chi connectivity index (χ2n) is 4.73. The first-order valence-corrected chi connectivity index (χ1v) is 5.58. The third kappa shape index (κ3) is 1.89. The molecule has 0 amide bonds. The Morgan fingerprint density at radius 2 is 2.13 bits per heavy atom. The number of aromatic nitrogens is 2. The molecule has 15 heavy (non-hydrogen) atoms. The molecule has 0 aliphatic heterocycles. The van der Waals surface area contributed by atoms with Gasteiger partial charge in [0.05, 0.1) is 5.69 Å². The molecule has 2 heterocycles. The summed E-state index contributed by atoms with van der Waals surface area (Å²) in [5.41, 5.74) is 2.41. The number of imidazole rings is 1. The van der Waals surface area contributed by atoms with E-state index in [1.165, 1.54) is 18.5 Å². The fourth-order valence-corrected chi connectivity index (χ4v) is 2.01.